The van der Waals surface area contributed by atoms with E-state index in [9.17, 15) is 4.79 Å². The van der Waals surface area contributed by atoms with Gasteiger partial charge in [0, 0.05) is 10.9 Å². The molecule has 0 saturated heterocycles. The molecule has 4 aliphatic rings. The van der Waals surface area contributed by atoms with E-state index in [-0.39, 0.29) is 11.4 Å². The molecule has 4 heteroatoms. The maximum atomic E-state index is 12.8. The van der Waals surface area contributed by atoms with Crippen molar-refractivity contribution >= 4 is 16.9 Å². The van der Waals surface area contributed by atoms with Crippen LogP contribution < -0.4 is 5.32 Å². The number of nitrogens with one attached hydrogen (secondary N) is 1. The summed E-state index contributed by atoms with van der Waals surface area (Å²) in [6.45, 7) is 4.11. The van der Waals surface area contributed by atoms with Gasteiger partial charge in [-0.1, -0.05) is 11.2 Å². The molecule has 4 saturated carbocycles. The Morgan fingerprint density at radius 2 is 1.80 bits per heavy atom. The summed E-state index contributed by atoms with van der Waals surface area (Å²) in [6.07, 6.45) is 8.04. The Hall–Kier alpha value is -1.84. The van der Waals surface area contributed by atoms with Crippen molar-refractivity contribution < 1.29 is 9.32 Å². The van der Waals surface area contributed by atoms with Crippen LogP contribution in [0.1, 0.15) is 55.3 Å². The Labute approximate surface area is 148 Å². The van der Waals surface area contributed by atoms with Crippen LogP contribution in [0.25, 0.3) is 11.0 Å². The zero-order valence-corrected chi connectivity index (χ0v) is 15.1. The van der Waals surface area contributed by atoms with Crippen LogP contribution in [-0.2, 0) is 11.2 Å². The van der Waals surface area contributed by atoms with E-state index in [0.29, 0.717) is 6.42 Å². The minimum Gasteiger partial charge on any atom is -0.356 e. The molecule has 4 bridgehead atoms. The number of carbonyl (C=O) groups is 1. The highest BCUT2D eigenvalue weighted by atomic mass is 16.5. The third-order valence-corrected chi connectivity index (χ3v) is 6.76. The summed E-state index contributed by atoms with van der Waals surface area (Å²) < 4.78 is 5.48. The fraction of sp³-hybridized carbons (Fsp3) is 0.619. The van der Waals surface area contributed by atoms with Gasteiger partial charge in [-0.3, -0.25) is 4.79 Å². The second-order valence-electron chi connectivity index (χ2n) is 9.01. The molecule has 25 heavy (non-hydrogen) atoms. The second-order valence-corrected chi connectivity index (χ2v) is 9.01. The van der Waals surface area contributed by atoms with Gasteiger partial charge in [0.2, 0.25) is 5.91 Å². The van der Waals surface area contributed by atoms with Gasteiger partial charge < -0.3 is 9.84 Å². The van der Waals surface area contributed by atoms with Crippen LogP contribution in [0, 0.1) is 31.6 Å². The van der Waals surface area contributed by atoms with Crippen LogP contribution >= 0.6 is 0 Å². The minimum atomic E-state index is 0.0665. The lowest BCUT2D eigenvalue weighted by Gasteiger charge is -2.56. The molecule has 0 spiro atoms. The number of fused-ring (bicyclic) bond motifs is 1. The van der Waals surface area contributed by atoms with Crippen molar-refractivity contribution in [3.8, 4) is 0 Å². The Kier molecular flexibility index (Phi) is 3.28. The molecule has 4 nitrogen and oxygen atoms in total. The highest BCUT2D eigenvalue weighted by Gasteiger charge is 2.51. The van der Waals surface area contributed by atoms with Gasteiger partial charge in [-0.25, -0.2) is 0 Å². The fourth-order valence-corrected chi connectivity index (χ4v) is 6.40. The zero-order chi connectivity index (χ0) is 17.2. The lowest BCUT2D eigenvalue weighted by Crippen LogP contribution is -2.60. The minimum absolute atomic E-state index is 0.0665. The van der Waals surface area contributed by atoms with Crippen molar-refractivity contribution in [1.82, 2.24) is 10.5 Å². The average Bonchev–Trinajstić information content (AvgIpc) is 2.87. The quantitative estimate of drug-likeness (QED) is 0.918. The van der Waals surface area contributed by atoms with Crippen molar-refractivity contribution in [3.05, 3.63) is 29.0 Å². The molecule has 1 heterocycles. The molecule has 1 amide bonds. The van der Waals surface area contributed by atoms with Crippen LogP contribution in [0.3, 0.4) is 0 Å². The Morgan fingerprint density at radius 3 is 2.44 bits per heavy atom. The first-order valence-electron chi connectivity index (χ1n) is 9.66. The molecule has 6 rings (SSSR count). The van der Waals surface area contributed by atoms with E-state index in [0.717, 1.165) is 45.5 Å². The number of rotatable bonds is 3. The molecule has 1 N–H and O–H groups in total. The van der Waals surface area contributed by atoms with Gasteiger partial charge in [0.1, 0.15) is 5.69 Å². The number of aromatic nitrogens is 1. The summed E-state index contributed by atoms with van der Waals surface area (Å²) in [5.41, 5.74) is 3.92. The number of hydrogen-bond acceptors (Lipinski definition) is 3. The van der Waals surface area contributed by atoms with Gasteiger partial charge in [-0.2, -0.15) is 0 Å². The first-order valence-corrected chi connectivity index (χ1v) is 9.66. The van der Waals surface area contributed by atoms with E-state index in [4.69, 9.17) is 4.52 Å². The molecular weight excluding hydrogens is 312 g/mol. The summed E-state index contributed by atoms with van der Waals surface area (Å²) in [5.74, 6) is 2.62. The summed E-state index contributed by atoms with van der Waals surface area (Å²) >= 11 is 0. The SMILES string of the molecule is Cc1cc(C)c2c(CC(=O)NC34CC5CC(CC(C5)C3)C4)noc2c1. The van der Waals surface area contributed by atoms with E-state index in [1.807, 2.05) is 13.0 Å². The van der Waals surface area contributed by atoms with Crippen molar-refractivity contribution in [2.24, 2.45) is 17.8 Å². The van der Waals surface area contributed by atoms with E-state index < -0.39 is 0 Å². The normalized spacial score (nSPS) is 33.1. The van der Waals surface area contributed by atoms with Crippen molar-refractivity contribution in [3.63, 3.8) is 0 Å². The first kappa shape index (κ1) is 15.4. The van der Waals surface area contributed by atoms with E-state index in [1.54, 1.807) is 0 Å². The van der Waals surface area contributed by atoms with Crippen LogP contribution in [-0.4, -0.2) is 16.6 Å². The molecule has 1 aromatic heterocycles. The molecule has 132 valence electrons. The van der Waals surface area contributed by atoms with Gasteiger partial charge in [0.25, 0.3) is 0 Å². The molecular formula is C21H26N2O2. The van der Waals surface area contributed by atoms with Crippen LogP contribution in [0.5, 0.6) is 0 Å². The maximum absolute atomic E-state index is 12.8. The highest BCUT2D eigenvalue weighted by Crippen LogP contribution is 2.55. The Bertz CT molecular complexity index is 816. The number of nitrogens with zero attached hydrogens (tertiary/aromatic N) is 1. The molecule has 0 unspecified atom stereocenters. The number of aryl methyl sites for hydroxylation is 2. The Balaban J connectivity index is 1.36. The van der Waals surface area contributed by atoms with Gasteiger partial charge in [-0.15, -0.1) is 0 Å². The van der Waals surface area contributed by atoms with E-state index in [2.05, 4.69) is 23.5 Å². The number of hydrogen-bond donors (Lipinski definition) is 1. The molecule has 2 aromatic rings. The molecule has 0 atom stereocenters. The summed E-state index contributed by atoms with van der Waals surface area (Å²) in [4.78, 5) is 12.8. The van der Waals surface area contributed by atoms with Crippen LogP contribution in [0.2, 0.25) is 0 Å². The third-order valence-electron chi connectivity index (χ3n) is 6.76. The highest BCUT2D eigenvalue weighted by molar-refractivity contribution is 5.89. The molecule has 4 aliphatic carbocycles. The molecule has 1 aromatic carbocycles. The molecule has 0 radical (unpaired) electrons. The third kappa shape index (κ3) is 2.57. The van der Waals surface area contributed by atoms with Crippen molar-refractivity contribution in [2.45, 2.75) is 64.3 Å². The van der Waals surface area contributed by atoms with Gasteiger partial charge >= 0.3 is 0 Å². The molecule has 4 fully saturated rings. The molecule has 0 aliphatic heterocycles. The van der Waals surface area contributed by atoms with Gasteiger partial charge in [0.05, 0.1) is 6.42 Å². The lowest BCUT2D eigenvalue weighted by atomic mass is 9.53. The first-order chi connectivity index (χ1) is 12.0. The maximum Gasteiger partial charge on any atom is 0.226 e. The predicted molar refractivity (Wildman–Crippen MR) is 96.2 cm³/mol. The monoisotopic (exact) mass is 338 g/mol. The predicted octanol–water partition coefficient (Wildman–Crippen LogP) is 4.07. The van der Waals surface area contributed by atoms with Crippen LogP contribution in [0.4, 0.5) is 0 Å². The largest absolute Gasteiger partial charge is 0.356 e. The number of carbonyl (C=O) groups excluding carboxylic acids is 1. The lowest BCUT2D eigenvalue weighted by molar-refractivity contribution is -0.126. The zero-order valence-electron chi connectivity index (χ0n) is 15.1. The topological polar surface area (TPSA) is 55.1 Å². The Morgan fingerprint density at radius 1 is 1.16 bits per heavy atom. The van der Waals surface area contributed by atoms with Gasteiger partial charge in [0.15, 0.2) is 5.58 Å². The van der Waals surface area contributed by atoms with Crippen molar-refractivity contribution in [2.75, 3.05) is 0 Å². The summed E-state index contributed by atoms with van der Waals surface area (Å²) in [5, 5.41) is 8.64. The van der Waals surface area contributed by atoms with Gasteiger partial charge in [-0.05, 0) is 87.3 Å². The fourth-order valence-electron chi connectivity index (χ4n) is 6.40. The average molecular weight is 338 g/mol. The smallest absolute Gasteiger partial charge is 0.226 e. The van der Waals surface area contributed by atoms with Crippen molar-refractivity contribution in [1.29, 1.82) is 0 Å². The standard InChI is InChI=1S/C21H26N2O2/c1-12-3-13(2)20-17(23-25-18(20)4-12)8-19(24)22-21-9-14-5-15(10-21)7-16(6-14)11-21/h3-4,14-16H,5-11H2,1-2H3,(H,22,24). The number of benzene rings is 1. The summed E-state index contributed by atoms with van der Waals surface area (Å²) in [7, 11) is 0. The second kappa shape index (κ2) is 5.33. The summed E-state index contributed by atoms with van der Waals surface area (Å²) in [6, 6.07) is 4.12. The number of amides is 1. The van der Waals surface area contributed by atoms with E-state index in [1.165, 1.54) is 38.5 Å². The van der Waals surface area contributed by atoms with E-state index >= 15 is 0 Å². The van der Waals surface area contributed by atoms with Crippen LogP contribution in [0.15, 0.2) is 16.7 Å².